The third kappa shape index (κ3) is 3.74. The summed E-state index contributed by atoms with van der Waals surface area (Å²) in [7, 11) is 0. The first-order valence-corrected chi connectivity index (χ1v) is 6.82. The number of hydrogen-bond acceptors (Lipinski definition) is 2. The largest absolute Gasteiger partial charge is 0.311 e. The summed E-state index contributed by atoms with van der Waals surface area (Å²) < 4.78 is 0. The van der Waals surface area contributed by atoms with Gasteiger partial charge in [0.1, 0.15) is 0 Å². The molecule has 0 aliphatic carbocycles. The molecule has 0 aromatic heterocycles. The van der Waals surface area contributed by atoms with Crippen LogP contribution in [0.15, 0.2) is 0 Å². The zero-order valence-electron chi connectivity index (χ0n) is 12.0. The Morgan fingerprint density at radius 1 is 1.31 bits per heavy atom. The number of nitrogens with zero attached hydrogens (tertiary/aromatic N) is 1. The van der Waals surface area contributed by atoms with Crippen LogP contribution in [0.3, 0.4) is 0 Å². The fourth-order valence-electron chi connectivity index (χ4n) is 2.68. The second kappa shape index (κ2) is 5.50. The van der Waals surface area contributed by atoms with Gasteiger partial charge < -0.3 is 5.32 Å². The smallest absolute Gasteiger partial charge is 0.0269 e. The maximum absolute atomic E-state index is 3.69. The Bertz CT molecular complexity index is 205. The van der Waals surface area contributed by atoms with Crippen molar-refractivity contribution in [3.8, 4) is 0 Å². The minimum Gasteiger partial charge on any atom is -0.311 e. The predicted molar refractivity (Wildman–Crippen MR) is 71.7 cm³/mol. The lowest BCUT2D eigenvalue weighted by atomic mass is 9.83. The topological polar surface area (TPSA) is 15.3 Å². The molecule has 0 radical (unpaired) electrons. The molecule has 2 atom stereocenters. The quantitative estimate of drug-likeness (QED) is 0.796. The molecule has 96 valence electrons. The van der Waals surface area contributed by atoms with Gasteiger partial charge in [0.15, 0.2) is 0 Å². The number of hydrogen-bond donors (Lipinski definition) is 1. The van der Waals surface area contributed by atoms with Crippen LogP contribution in [0.2, 0.25) is 0 Å². The van der Waals surface area contributed by atoms with Gasteiger partial charge in [0.2, 0.25) is 0 Å². The van der Waals surface area contributed by atoms with Gasteiger partial charge in [0, 0.05) is 31.7 Å². The average molecular weight is 226 g/mol. The fraction of sp³-hybridized carbons (Fsp3) is 1.00. The highest BCUT2D eigenvalue weighted by molar-refractivity contribution is 4.92. The van der Waals surface area contributed by atoms with Crippen LogP contribution >= 0.6 is 0 Å². The van der Waals surface area contributed by atoms with E-state index in [2.05, 4.69) is 51.8 Å². The third-order valence-corrected chi connectivity index (χ3v) is 3.59. The van der Waals surface area contributed by atoms with E-state index in [1.54, 1.807) is 0 Å². The van der Waals surface area contributed by atoms with Gasteiger partial charge >= 0.3 is 0 Å². The highest BCUT2D eigenvalue weighted by Crippen LogP contribution is 2.27. The van der Waals surface area contributed by atoms with Crippen LogP contribution in [-0.4, -0.2) is 36.6 Å². The molecule has 1 heterocycles. The molecule has 0 bridgehead atoms. The van der Waals surface area contributed by atoms with Gasteiger partial charge in [-0.15, -0.1) is 0 Å². The lowest BCUT2D eigenvalue weighted by molar-refractivity contribution is 0.0459. The molecule has 0 saturated carbocycles. The van der Waals surface area contributed by atoms with Gasteiger partial charge in [-0.1, -0.05) is 41.5 Å². The van der Waals surface area contributed by atoms with E-state index in [1.165, 1.54) is 19.5 Å². The van der Waals surface area contributed by atoms with Gasteiger partial charge in [-0.2, -0.15) is 0 Å². The Kier molecular flexibility index (Phi) is 4.81. The summed E-state index contributed by atoms with van der Waals surface area (Å²) in [5.41, 5.74) is 0.376. The predicted octanol–water partition coefficient (Wildman–Crippen LogP) is 2.74. The van der Waals surface area contributed by atoms with Gasteiger partial charge in [-0.25, -0.2) is 0 Å². The van der Waals surface area contributed by atoms with Crippen LogP contribution in [0.5, 0.6) is 0 Å². The molecular formula is C14H30N2. The van der Waals surface area contributed by atoms with E-state index in [1.807, 2.05) is 0 Å². The first-order valence-electron chi connectivity index (χ1n) is 6.82. The second-order valence-corrected chi connectivity index (χ2v) is 6.74. The van der Waals surface area contributed by atoms with Crippen molar-refractivity contribution in [2.45, 2.75) is 60.0 Å². The maximum atomic E-state index is 3.69. The van der Waals surface area contributed by atoms with Crippen molar-refractivity contribution in [1.82, 2.24) is 10.2 Å². The monoisotopic (exact) mass is 226 g/mol. The Hall–Kier alpha value is -0.0800. The molecule has 0 amide bonds. The molecule has 1 rings (SSSR count). The van der Waals surface area contributed by atoms with E-state index in [-0.39, 0.29) is 0 Å². The fourth-order valence-corrected chi connectivity index (χ4v) is 2.68. The van der Waals surface area contributed by atoms with E-state index in [0.717, 1.165) is 12.5 Å². The standard InChI is InChI=1S/C14H30N2/c1-7-12-10-16(9-11(2)3)13(8-15-12)14(4,5)6/h11-13,15H,7-10H2,1-6H3. The van der Waals surface area contributed by atoms with Crippen LogP contribution in [0.1, 0.15) is 48.0 Å². The molecule has 1 aliphatic rings. The van der Waals surface area contributed by atoms with Crippen molar-refractivity contribution in [1.29, 1.82) is 0 Å². The molecular weight excluding hydrogens is 196 g/mol. The lowest BCUT2D eigenvalue weighted by Crippen LogP contribution is -2.61. The van der Waals surface area contributed by atoms with Crippen molar-refractivity contribution >= 4 is 0 Å². The normalized spacial score (nSPS) is 28.7. The molecule has 1 N–H and O–H groups in total. The molecule has 0 aromatic rings. The number of piperazine rings is 1. The van der Waals surface area contributed by atoms with Gasteiger partial charge in [-0.05, 0) is 17.8 Å². The molecule has 0 spiro atoms. The summed E-state index contributed by atoms with van der Waals surface area (Å²) in [5.74, 6) is 0.764. The van der Waals surface area contributed by atoms with Crippen LogP contribution < -0.4 is 5.32 Å². The van der Waals surface area contributed by atoms with E-state index < -0.39 is 0 Å². The van der Waals surface area contributed by atoms with Crippen molar-refractivity contribution < 1.29 is 0 Å². The van der Waals surface area contributed by atoms with Crippen LogP contribution in [0.25, 0.3) is 0 Å². The van der Waals surface area contributed by atoms with E-state index in [4.69, 9.17) is 0 Å². The number of nitrogens with one attached hydrogen (secondary N) is 1. The van der Waals surface area contributed by atoms with E-state index >= 15 is 0 Å². The highest BCUT2D eigenvalue weighted by atomic mass is 15.2. The number of rotatable bonds is 3. The van der Waals surface area contributed by atoms with Crippen molar-refractivity contribution in [2.75, 3.05) is 19.6 Å². The summed E-state index contributed by atoms with van der Waals surface area (Å²) in [6.45, 7) is 17.6. The van der Waals surface area contributed by atoms with Gasteiger partial charge in [-0.3, -0.25) is 4.90 Å². The van der Waals surface area contributed by atoms with Crippen molar-refractivity contribution in [3.63, 3.8) is 0 Å². The highest BCUT2D eigenvalue weighted by Gasteiger charge is 2.34. The van der Waals surface area contributed by atoms with Crippen molar-refractivity contribution in [2.24, 2.45) is 11.3 Å². The Balaban J connectivity index is 2.68. The second-order valence-electron chi connectivity index (χ2n) is 6.74. The molecule has 2 heteroatoms. The molecule has 2 unspecified atom stereocenters. The summed E-state index contributed by atoms with van der Waals surface area (Å²) >= 11 is 0. The maximum Gasteiger partial charge on any atom is 0.0269 e. The summed E-state index contributed by atoms with van der Waals surface area (Å²) in [6.07, 6.45) is 1.24. The zero-order chi connectivity index (χ0) is 12.3. The zero-order valence-corrected chi connectivity index (χ0v) is 12.0. The SMILES string of the molecule is CCC1CN(CC(C)C)C(C(C)(C)C)CN1. The minimum atomic E-state index is 0.376. The molecule has 1 saturated heterocycles. The minimum absolute atomic E-state index is 0.376. The summed E-state index contributed by atoms with van der Waals surface area (Å²) in [6, 6.07) is 1.37. The third-order valence-electron chi connectivity index (χ3n) is 3.59. The van der Waals surface area contributed by atoms with Crippen LogP contribution in [0, 0.1) is 11.3 Å². The average Bonchev–Trinajstić information content (AvgIpc) is 2.14. The molecule has 2 nitrogen and oxygen atoms in total. The van der Waals surface area contributed by atoms with Crippen LogP contribution in [0.4, 0.5) is 0 Å². The molecule has 0 aromatic carbocycles. The molecule has 16 heavy (non-hydrogen) atoms. The Morgan fingerprint density at radius 3 is 2.38 bits per heavy atom. The molecule has 1 fully saturated rings. The Morgan fingerprint density at radius 2 is 1.94 bits per heavy atom. The van der Waals surface area contributed by atoms with Gasteiger partial charge in [0.25, 0.3) is 0 Å². The Labute approximate surface area is 102 Å². The summed E-state index contributed by atoms with van der Waals surface area (Å²) in [5, 5.41) is 3.69. The molecule has 1 aliphatic heterocycles. The van der Waals surface area contributed by atoms with E-state index in [0.29, 0.717) is 17.5 Å². The van der Waals surface area contributed by atoms with Crippen LogP contribution in [-0.2, 0) is 0 Å². The summed E-state index contributed by atoms with van der Waals surface area (Å²) in [4.78, 5) is 2.70. The first kappa shape index (κ1) is 14.0. The van der Waals surface area contributed by atoms with Gasteiger partial charge in [0.05, 0.1) is 0 Å². The lowest BCUT2D eigenvalue weighted by Gasteiger charge is -2.47. The van der Waals surface area contributed by atoms with Crippen molar-refractivity contribution in [3.05, 3.63) is 0 Å². The first-order chi connectivity index (χ1) is 7.34. The van der Waals surface area contributed by atoms with E-state index in [9.17, 15) is 0 Å².